The van der Waals surface area contributed by atoms with Gasteiger partial charge >= 0.3 is 0 Å². The van der Waals surface area contributed by atoms with Crippen LogP contribution >= 0.6 is 33.9 Å². The van der Waals surface area contributed by atoms with Gasteiger partial charge in [-0.05, 0) is 40.8 Å². The fraction of sp³-hybridized carbons (Fsp3) is 0. The van der Waals surface area contributed by atoms with Crippen LogP contribution in [0.2, 0.25) is 0 Å². The summed E-state index contributed by atoms with van der Waals surface area (Å²) in [4.78, 5) is 11.7. The van der Waals surface area contributed by atoms with Gasteiger partial charge in [-0.1, -0.05) is 18.2 Å². The van der Waals surface area contributed by atoms with Crippen LogP contribution in [-0.4, -0.2) is 5.91 Å². The first-order chi connectivity index (χ1) is 7.25. The lowest BCUT2D eigenvalue weighted by atomic mass is 10.3. The van der Waals surface area contributed by atoms with Crippen LogP contribution < -0.4 is 5.32 Å². The highest BCUT2D eigenvalue weighted by atomic mass is 127. The number of benzene rings is 1. The summed E-state index contributed by atoms with van der Waals surface area (Å²) in [6, 6.07) is 11.3. The maximum atomic E-state index is 11.7. The number of thiophene rings is 1. The van der Waals surface area contributed by atoms with Gasteiger partial charge in [-0.3, -0.25) is 4.79 Å². The molecule has 0 aliphatic rings. The summed E-state index contributed by atoms with van der Waals surface area (Å²) in [5.74, 6) is -0.0552. The van der Waals surface area contributed by atoms with Crippen LogP contribution in [-0.2, 0) is 0 Å². The first-order valence-electron chi connectivity index (χ1n) is 4.36. The molecule has 0 saturated carbocycles. The third kappa shape index (κ3) is 2.79. The van der Waals surface area contributed by atoms with Crippen LogP contribution in [0.5, 0.6) is 0 Å². The van der Waals surface area contributed by atoms with Gasteiger partial charge < -0.3 is 5.32 Å². The van der Waals surface area contributed by atoms with E-state index in [1.807, 2.05) is 41.8 Å². The van der Waals surface area contributed by atoms with E-state index in [2.05, 4.69) is 27.9 Å². The molecular formula is C11H8INOS. The molecule has 0 atom stereocenters. The molecule has 0 saturated heterocycles. The number of carbonyl (C=O) groups excluding carboxylic acids is 1. The van der Waals surface area contributed by atoms with Gasteiger partial charge in [-0.25, -0.2) is 0 Å². The van der Waals surface area contributed by atoms with Gasteiger partial charge in [-0.15, -0.1) is 11.3 Å². The van der Waals surface area contributed by atoms with E-state index < -0.39 is 0 Å². The number of carbonyl (C=O) groups is 1. The second kappa shape index (κ2) is 4.76. The average molecular weight is 329 g/mol. The zero-order valence-electron chi connectivity index (χ0n) is 7.74. The van der Waals surface area contributed by atoms with Gasteiger partial charge in [-0.2, -0.15) is 0 Å². The zero-order chi connectivity index (χ0) is 10.7. The first-order valence-corrected chi connectivity index (χ1v) is 6.32. The highest BCUT2D eigenvalue weighted by molar-refractivity contribution is 14.1. The Morgan fingerprint density at radius 1 is 1.27 bits per heavy atom. The Balaban J connectivity index is 2.11. The zero-order valence-corrected chi connectivity index (χ0v) is 10.7. The van der Waals surface area contributed by atoms with E-state index in [4.69, 9.17) is 0 Å². The summed E-state index contributed by atoms with van der Waals surface area (Å²) in [6.45, 7) is 0. The molecule has 15 heavy (non-hydrogen) atoms. The summed E-state index contributed by atoms with van der Waals surface area (Å²) in [6.07, 6.45) is 0. The molecule has 1 aromatic heterocycles. The highest BCUT2D eigenvalue weighted by Crippen LogP contribution is 2.17. The maximum Gasteiger partial charge on any atom is 0.256 e. The minimum absolute atomic E-state index is 0.0552. The van der Waals surface area contributed by atoms with Crippen molar-refractivity contribution in [2.45, 2.75) is 0 Å². The molecular weight excluding hydrogens is 321 g/mol. The monoisotopic (exact) mass is 329 g/mol. The van der Waals surface area contributed by atoms with E-state index in [9.17, 15) is 4.79 Å². The highest BCUT2D eigenvalue weighted by Gasteiger charge is 2.07. The molecule has 0 radical (unpaired) electrons. The van der Waals surface area contributed by atoms with Crippen LogP contribution in [0.4, 0.5) is 5.69 Å². The van der Waals surface area contributed by atoms with Crippen molar-refractivity contribution >= 4 is 45.5 Å². The topological polar surface area (TPSA) is 29.1 Å². The van der Waals surface area contributed by atoms with Gasteiger partial charge in [0.05, 0.1) is 8.45 Å². The Bertz CT molecular complexity index is 466. The van der Waals surface area contributed by atoms with Crippen molar-refractivity contribution < 1.29 is 4.79 Å². The summed E-state index contributed by atoms with van der Waals surface area (Å²) in [5.41, 5.74) is 1.54. The number of amides is 1. The van der Waals surface area contributed by atoms with Crippen molar-refractivity contribution in [3.8, 4) is 0 Å². The number of anilines is 1. The Kier molecular flexibility index (Phi) is 3.37. The van der Waals surface area contributed by atoms with Crippen molar-refractivity contribution in [2.24, 2.45) is 0 Å². The largest absolute Gasteiger partial charge is 0.322 e. The van der Waals surface area contributed by atoms with Gasteiger partial charge in [0, 0.05) is 11.1 Å². The van der Waals surface area contributed by atoms with Crippen LogP contribution in [0, 0.1) is 2.88 Å². The van der Waals surface area contributed by atoms with Gasteiger partial charge in [0.2, 0.25) is 0 Å². The lowest BCUT2D eigenvalue weighted by Crippen LogP contribution is -2.10. The normalized spacial score (nSPS) is 9.93. The fourth-order valence-electron chi connectivity index (χ4n) is 1.15. The van der Waals surface area contributed by atoms with Crippen LogP contribution in [0.1, 0.15) is 10.4 Å². The maximum absolute atomic E-state index is 11.7. The molecule has 4 heteroatoms. The number of rotatable bonds is 2. The van der Waals surface area contributed by atoms with Crippen LogP contribution in [0.25, 0.3) is 0 Å². The number of hydrogen-bond donors (Lipinski definition) is 1. The molecule has 0 unspecified atom stereocenters. The SMILES string of the molecule is O=C(Nc1ccccc1)c1csc(I)c1. The van der Waals surface area contributed by atoms with E-state index in [0.29, 0.717) is 5.56 Å². The third-order valence-electron chi connectivity index (χ3n) is 1.86. The van der Waals surface area contributed by atoms with Gasteiger partial charge in [0.15, 0.2) is 0 Å². The molecule has 2 aromatic rings. The smallest absolute Gasteiger partial charge is 0.256 e. The number of halogens is 1. The molecule has 76 valence electrons. The van der Waals surface area contributed by atoms with Crippen LogP contribution in [0.3, 0.4) is 0 Å². The first kappa shape index (κ1) is 10.6. The van der Waals surface area contributed by atoms with E-state index >= 15 is 0 Å². The molecule has 2 rings (SSSR count). The Morgan fingerprint density at radius 2 is 2.00 bits per heavy atom. The van der Waals surface area contributed by atoms with Crippen molar-refractivity contribution in [3.63, 3.8) is 0 Å². The second-order valence-corrected chi connectivity index (χ2v) is 5.77. The van der Waals surface area contributed by atoms with E-state index in [1.54, 1.807) is 11.3 Å². The number of hydrogen-bond acceptors (Lipinski definition) is 2. The lowest BCUT2D eigenvalue weighted by molar-refractivity contribution is 0.102. The predicted molar refractivity (Wildman–Crippen MR) is 71.4 cm³/mol. The van der Waals surface area contributed by atoms with Gasteiger partial charge in [0.1, 0.15) is 0 Å². The Hall–Kier alpha value is -0.880. The number of nitrogens with one attached hydrogen (secondary N) is 1. The summed E-state index contributed by atoms with van der Waals surface area (Å²) < 4.78 is 1.12. The summed E-state index contributed by atoms with van der Waals surface area (Å²) in [7, 11) is 0. The van der Waals surface area contributed by atoms with E-state index in [0.717, 1.165) is 8.57 Å². The standard InChI is InChI=1S/C11H8INOS/c12-10-6-8(7-15-10)11(14)13-9-4-2-1-3-5-9/h1-7H,(H,13,14). The predicted octanol–water partition coefficient (Wildman–Crippen LogP) is 3.61. The molecule has 0 aliphatic carbocycles. The van der Waals surface area contributed by atoms with Crippen LogP contribution in [0.15, 0.2) is 41.8 Å². The Labute approximate surface area is 105 Å². The van der Waals surface area contributed by atoms with Crippen molar-refractivity contribution in [1.82, 2.24) is 0 Å². The van der Waals surface area contributed by atoms with E-state index in [1.165, 1.54) is 0 Å². The molecule has 1 N–H and O–H groups in total. The number of para-hydroxylation sites is 1. The van der Waals surface area contributed by atoms with Crippen molar-refractivity contribution in [1.29, 1.82) is 0 Å². The molecule has 0 aliphatic heterocycles. The van der Waals surface area contributed by atoms with Gasteiger partial charge in [0.25, 0.3) is 5.91 Å². The summed E-state index contributed by atoms with van der Waals surface area (Å²) in [5, 5.41) is 4.70. The Morgan fingerprint density at radius 3 is 2.60 bits per heavy atom. The molecule has 0 spiro atoms. The second-order valence-electron chi connectivity index (χ2n) is 2.96. The summed E-state index contributed by atoms with van der Waals surface area (Å²) >= 11 is 3.77. The van der Waals surface area contributed by atoms with E-state index in [-0.39, 0.29) is 5.91 Å². The molecule has 1 aromatic carbocycles. The fourth-order valence-corrected chi connectivity index (χ4v) is 2.48. The third-order valence-corrected chi connectivity index (χ3v) is 3.65. The minimum atomic E-state index is -0.0552. The molecule has 1 amide bonds. The average Bonchev–Trinajstić information content (AvgIpc) is 2.66. The lowest BCUT2D eigenvalue weighted by Gasteiger charge is -2.02. The molecule has 2 nitrogen and oxygen atoms in total. The quantitative estimate of drug-likeness (QED) is 0.838. The van der Waals surface area contributed by atoms with Crippen molar-refractivity contribution in [3.05, 3.63) is 50.2 Å². The molecule has 0 fully saturated rings. The molecule has 1 heterocycles. The molecule has 0 bridgehead atoms. The minimum Gasteiger partial charge on any atom is -0.322 e. The van der Waals surface area contributed by atoms with Crippen molar-refractivity contribution in [2.75, 3.05) is 5.32 Å².